The Bertz CT molecular complexity index is 829. The third-order valence-corrected chi connectivity index (χ3v) is 5.27. The van der Waals surface area contributed by atoms with Gasteiger partial charge in [0, 0.05) is 9.40 Å². The van der Waals surface area contributed by atoms with Crippen molar-refractivity contribution in [3.05, 3.63) is 69.8 Å². The lowest BCUT2D eigenvalue weighted by molar-refractivity contribution is 0.630. The van der Waals surface area contributed by atoms with Gasteiger partial charge in [0.05, 0.1) is 3.79 Å². The van der Waals surface area contributed by atoms with E-state index in [1.54, 1.807) is 22.7 Å². The molecule has 22 heavy (non-hydrogen) atoms. The van der Waals surface area contributed by atoms with Crippen LogP contribution in [0.1, 0.15) is 0 Å². The van der Waals surface area contributed by atoms with Gasteiger partial charge in [-0.15, -0.1) is 22.7 Å². The lowest BCUT2D eigenvalue weighted by atomic mass is 10.3. The zero-order chi connectivity index (χ0) is 15.8. The second-order valence-corrected chi connectivity index (χ2v) is 7.66. The molecule has 2 aromatic heterocycles. The van der Waals surface area contributed by atoms with Crippen molar-refractivity contribution in [1.82, 2.24) is 0 Å². The first-order valence-corrected chi connectivity index (χ1v) is 9.38. The highest BCUT2D eigenvalue weighted by Gasteiger charge is 1.95. The molecular weight excluding hydrogens is 400 g/mol. The van der Waals surface area contributed by atoms with Crippen molar-refractivity contribution < 1.29 is 8.42 Å². The van der Waals surface area contributed by atoms with Gasteiger partial charge in [0.1, 0.15) is 0 Å². The fraction of sp³-hybridized carbons (Fsp3) is 0. The van der Waals surface area contributed by atoms with Gasteiger partial charge < -0.3 is 0 Å². The van der Waals surface area contributed by atoms with Crippen LogP contribution in [0.5, 0.6) is 0 Å². The maximum atomic E-state index is 8.29. The Hall–Kier alpha value is -1.34. The van der Waals surface area contributed by atoms with E-state index in [-0.39, 0.29) is 0 Å². The Morgan fingerprint density at radius 2 is 1.41 bits per heavy atom. The Labute approximate surface area is 148 Å². The average Bonchev–Trinajstić information content (AvgIpc) is 3.13. The van der Waals surface area contributed by atoms with E-state index in [9.17, 15) is 0 Å². The molecule has 2 heterocycles. The third-order valence-electron chi connectivity index (χ3n) is 2.76. The fourth-order valence-corrected chi connectivity index (χ4v) is 4.20. The minimum atomic E-state index is -0.750. The molecule has 2 nitrogen and oxygen atoms in total. The Morgan fingerprint density at radius 1 is 0.818 bits per heavy atom. The molecule has 2 aromatic carbocycles. The Morgan fingerprint density at radius 3 is 2.05 bits per heavy atom. The van der Waals surface area contributed by atoms with Gasteiger partial charge in [-0.1, -0.05) is 36.4 Å². The SMILES string of the molecule is Brc1cc2ccccc2s1.O=S=O.c1ccc2sccc2c1. The highest BCUT2D eigenvalue weighted by Crippen LogP contribution is 2.28. The minimum absolute atomic E-state index is 0.750. The molecular formula is C16H11BrO2S3. The molecule has 0 unspecified atom stereocenters. The van der Waals surface area contributed by atoms with Crippen LogP contribution in [0.25, 0.3) is 20.2 Å². The first-order chi connectivity index (χ1) is 10.7. The molecule has 0 atom stereocenters. The van der Waals surface area contributed by atoms with Crippen LogP contribution in [-0.4, -0.2) is 8.42 Å². The molecule has 0 aliphatic carbocycles. The maximum absolute atomic E-state index is 8.29. The summed E-state index contributed by atoms with van der Waals surface area (Å²) >= 11 is 6.25. The summed E-state index contributed by atoms with van der Waals surface area (Å²) in [6.45, 7) is 0. The van der Waals surface area contributed by atoms with Crippen molar-refractivity contribution in [2.24, 2.45) is 0 Å². The molecule has 0 bridgehead atoms. The monoisotopic (exact) mass is 410 g/mol. The normalized spacial score (nSPS) is 9.50. The predicted octanol–water partition coefficient (Wildman–Crippen LogP) is 5.89. The number of fused-ring (bicyclic) bond motifs is 2. The summed E-state index contributed by atoms with van der Waals surface area (Å²) in [5.74, 6) is 0. The second kappa shape index (κ2) is 8.95. The largest absolute Gasteiger partial charge is 0.335 e. The molecule has 112 valence electrons. The number of rotatable bonds is 0. The summed E-state index contributed by atoms with van der Waals surface area (Å²) in [5.41, 5.74) is 0. The third kappa shape index (κ3) is 4.84. The summed E-state index contributed by atoms with van der Waals surface area (Å²) < 4.78 is 20.5. The molecule has 0 radical (unpaired) electrons. The zero-order valence-electron chi connectivity index (χ0n) is 11.3. The van der Waals surface area contributed by atoms with Crippen LogP contribution in [0, 0.1) is 0 Å². The first kappa shape index (κ1) is 17.0. The van der Waals surface area contributed by atoms with Crippen molar-refractivity contribution in [3.63, 3.8) is 0 Å². The number of thiophene rings is 2. The van der Waals surface area contributed by atoms with Crippen molar-refractivity contribution in [2.75, 3.05) is 0 Å². The van der Waals surface area contributed by atoms with Gasteiger partial charge in [-0.3, -0.25) is 0 Å². The van der Waals surface area contributed by atoms with E-state index in [2.05, 4.69) is 82.0 Å². The lowest BCUT2D eigenvalue weighted by Gasteiger charge is -1.82. The summed E-state index contributed by atoms with van der Waals surface area (Å²) in [7, 11) is 0. The quantitative estimate of drug-likeness (QED) is 0.361. The zero-order valence-corrected chi connectivity index (χ0v) is 15.3. The van der Waals surface area contributed by atoms with E-state index < -0.39 is 11.6 Å². The minimum Gasteiger partial charge on any atom is -0.168 e. The van der Waals surface area contributed by atoms with Gasteiger partial charge >= 0.3 is 11.6 Å². The van der Waals surface area contributed by atoms with Crippen LogP contribution in [0.2, 0.25) is 0 Å². The summed E-state index contributed by atoms with van der Waals surface area (Å²) in [5, 5.41) is 4.78. The standard InChI is InChI=1S/C8H5BrS.C8H6S.O2S/c9-8-5-6-3-1-2-4-7(6)10-8;1-2-4-8-7(3-1)5-6-9-8;1-3-2/h1-5H;1-6H;. The van der Waals surface area contributed by atoms with E-state index in [0.717, 1.165) is 0 Å². The van der Waals surface area contributed by atoms with Gasteiger partial charge in [0.15, 0.2) is 0 Å². The maximum Gasteiger partial charge on any atom is 0.335 e. The van der Waals surface area contributed by atoms with Crippen LogP contribution in [-0.2, 0) is 11.6 Å². The van der Waals surface area contributed by atoms with Crippen molar-refractivity contribution in [3.8, 4) is 0 Å². The second-order valence-electron chi connectivity index (χ2n) is 4.11. The smallest absolute Gasteiger partial charge is 0.168 e. The lowest BCUT2D eigenvalue weighted by Crippen LogP contribution is -1.56. The van der Waals surface area contributed by atoms with Crippen LogP contribution in [0.4, 0.5) is 0 Å². The topological polar surface area (TPSA) is 34.1 Å². The summed E-state index contributed by atoms with van der Waals surface area (Å²) in [6.07, 6.45) is 0. The van der Waals surface area contributed by atoms with E-state index in [4.69, 9.17) is 8.42 Å². The van der Waals surface area contributed by atoms with Crippen molar-refractivity contribution in [1.29, 1.82) is 0 Å². The van der Waals surface area contributed by atoms with Crippen LogP contribution < -0.4 is 0 Å². The molecule has 4 aromatic rings. The fourth-order valence-electron chi connectivity index (χ4n) is 1.86. The number of hydrogen-bond donors (Lipinski definition) is 0. The molecule has 0 N–H and O–H groups in total. The molecule has 0 aliphatic rings. The van der Waals surface area contributed by atoms with Gasteiger partial charge in [-0.2, -0.15) is 8.42 Å². The number of hydrogen-bond acceptors (Lipinski definition) is 4. The Balaban J connectivity index is 0.000000137. The van der Waals surface area contributed by atoms with Gasteiger partial charge in [0.25, 0.3) is 0 Å². The Kier molecular flexibility index (Phi) is 6.92. The number of halogens is 1. The van der Waals surface area contributed by atoms with E-state index >= 15 is 0 Å². The van der Waals surface area contributed by atoms with Crippen LogP contribution >= 0.6 is 38.6 Å². The molecule has 0 spiro atoms. The highest BCUT2D eigenvalue weighted by molar-refractivity contribution is 9.11. The van der Waals surface area contributed by atoms with E-state index in [1.165, 1.54) is 24.0 Å². The van der Waals surface area contributed by atoms with Crippen LogP contribution in [0.15, 0.2) is 69.8 Å². The van der Waals surface area contributed by atoms with E-state index in [0.29, 0.717) is 0 Å². The highest BCUT2D eigenvalue weighted by atomic mass is 79.9. The molecule has 0 amide bonds. The molecule has 0 aliphatic heterocycles. The van der Waals surface area contributed by atoms with Gasteiger partial charge in [-0.05, 0) is 56.3 Å². The van der Waals surface area contributed by atoms with E-state index in [1.807, 2.05) is 0 Å². The predicted molar refractivity (Wildman–Crippen MR) is 100 cm³/mol. The van der Waals surface area contributed by atoms with Gasteiger partial charge in [0.2, 0.25) is 0 Å². The van der Waals surface area contributed by atoms with Gasteiger partial charge in [-0.25, -0.2) is 0 Å². The molecule has 0 saturated heterocycles. The van der Waals surface area contributed by atoms with Crippen molar-refractivity contribution >= 4 is 70.3 Å². The molecule has 0 saturated carbocycles. The summed E-state index contributed by atoms with van der Waals surface area (Å²) in [6, 6.07) is 21.0. The first-order valence-electron chi connectivity index (χ1n) is 6.22. The molecule has 4 rings (SSSR count). The van der Waals surface area contributed by atoms with Crippen molar-refractivity contribution in [2.45, 2.75) is 0 Å². The average molecular weight is 411 g/mol. The summed E-state index contributed by atoms with van der Waals surface area (Å²) in [4.78, 5) is 0. The van der Waals surface area contributed by atoms with Crippen LogP contribution in [0.3, 0.4) is 0 Å². The number of benzene rings is 2. The molecule has 0 fully saturated rings. The molecule has 6 heteroatoms.